The Hall–Kier alpha value is -4.58. The van der Waals surface area contributed by atoms with Crippen LogP contribution in [0.2, 0.25) is 0 Å². The Morgan fingerprint density at radius 2 is 1.70 bits per heavy atom. The molecular formula is C31H39N7O5. The van der Waals surface area contributed by atoms with Gasteiger partial charge in [0.2, 0.25) is 5.91 Å². The number of carbonyl (C=O) groups is 3. The molecule has 2 atom stereocenters. The molecule has 3 aromatic rings. The van der Waals surface area contributed by atoms with Crippen molar-refractivity contribution in [2.24, 2.45) is 11.8 Å². The minimum Gasteiger partial charge on any atom is -0.508 e. The highest BCUT2D eigenvalue weighted by molar-refractivity contribution is 5.98. The van der Waals surface area contributed by atoms with Crippen LogP contribution in [0.4, 0.5) is 11.6 Å². The van der Waals surface area contributed by atoms with Crippen molar-refractivity contribution >= 4 is 29.4 Å². The number of pyridine rings is 1. The standard InChI is InChI=1S/C31H39N7O5/c1-19(2)13-26(31(42)43)37-30(41)25(15-20-3-6-24(39)7-4-20)36-29(40)22-5-8-27(33-17-22)38-28-16-23(34-18-35-28)14-21-9-11-32-12-10-21/h3-8,16-19,21,25-26,32,39H,9-15H2,1-2H3,(H,36,40)(H,37,41)(H,42,43)(H,33,34,35,38)/t25-,26-/m0/s1. The molecule has 1 aliphatic heterocycles. The number of phenols is 1. The number of nitrogens with zero attached hydrogens (tertiary/aromatic N) is 3. The second kappa shape index (κ2) is 15.1. The van der Waals surface area contributed by atoms with Crippen LogP contribution in [0, 0.1) is 11.8 Å². The summed E-state index contributed by atoms with van der Waals surface area (Å²) in [6, 6.07) is 9.19. The Balaban J connectivity index is 1.42. The molecule has 3 heterocycles. The van der Waals surface area contributed by atoms with Crippen LogP contribution >= 0.6 is 0 Å². The van der Waals surface area contributed by atoms with Gasteiger partial charge in [-0.15, -0.1) is 0 Å². The van der Waals surface area contributed by atoms with Crippen LogP contribution in [0.1, 0.15) is 54.7 Å². The number of hydrogen-bond acceptors (Lipinski definition) is 9. The molecule has 228 valence electrons. The summed E-state index contributed by atoms with van der Waals surface area (Å²) in [5, 5.41) is 31.0. The Morgan fingerprint density at radius 3 is 2.35 bits per heavy atom. The number of benzene rings is 1. The van der Waals surface area contributed by atoms with Gasteiger partial charge in [0.15, 0.2) is 0 Å². The molecule has 12 nitrogen and oxygen atoms in total. The minimum atomic E-state index is -1.15. The third kappa shape index (κ3) is 9.74. The lowest BCUT2D eigenvalue weighted by Crippen LogP contribution is -2.52. The van der Waals surface area contributed by atoms with Crippen LogP contribution < -0.4 is 21.3 Å². The normalized spacial score (nSPS) is 15.0. The lowest BCUT2D eigenvalue weighted by Gasteiger charge is -2.22. The summed E-state index contributed by atoms with van der Waals surface area (Å²) in [4.78, 5) is 51.2. The van der Waals surface area contributed by atoms with Crippen molar-refractivity contribution in [2.45, 2.75) is 58.0 Å². The van der Waals surface area contributed by atoms with Gasteiger partial charge in [-0.1, -0.05) is 26.0 Å². The van der Waals surface area contributed by atoms with Crippen molar-refractivity contribution in [1.29, 1.82) is 0 Å². The monoisotopic (exact) mass is 589 g/mol. The van der Waals surface area contributed by atoms with Crippen molar-refractivity contribution in [3.05, 3.63) is 71.8 Å². The van der Waals surface area contributed by atoms with Gasteiger partial charge in [0.1, 0.15) is 35.8 Å². The summed E-state index contributed by atoms with van der Waals surface area (Å²) in [5.74, 6) is -0.534. The summed E-state index contributed by atoms with van der Waals surface area (Å²) >= 11 is 0. The van der Waals surface area contributed by atoms with Crippen LogP contribution in [-0.4, -0.2) is 68.1 Å². The van der Waals surface area contributed by atoms with Gasteiger partial charge in [-0.25, -0.2) is 19.7 Å². The molecule has 43 heavy (non-hydrogen) atoms. The van der Waals surface area contributed by atoms with Gasteiger partial charge in [-0.2, -0.15) is 0 Å². The molecule has 0 saturated carbocycles. The summed E-state index contributed by atoms with van der Waals surface area (Å²) < 4.78 is 0. The predicted molar refractivity (Wildman–Crippen MR) is 161 cm³/mol. The Kier molecular flexibility index (Phi) is 11.0. The van der Waals surface area contributed by atoms with Crippen molar-refractivity contribution in [3.63, 3.8) is 0 Å². The van der Waals surface area contributed by atoms with Gasteiger partial charge in [-0.3, -0.25) is 9.59 Å². The number of piperidine rings is 1. The number of rotatable bonds is 13. The van der Waals surface area contributed by atoms with Crippen LogP contribution in [0.5, 0.6) is 5.75 Å². The first kappa shape index (κ1) is 31.4. The van der Waals surface area contributed by atoms with E-state index in [-0.39, 0.29) is 30.1 Å². The van der Waals surface area contributed by atoms with E-state index >= 15 is 0 Å². The van der Waals surface area contributed by atoms with E-state index in [4.69, 9.17) is 0 Å². The van der Waals surface area contributed by atoms with Gasteiger partial charge in [0.05, 0.1) is 5.56 Å². The maximum Gasteiger partial charge on any atom is 0.326 e. The fourth-order valence-electron chi connectivity index (χ4n) is 4.98. The maximum absolute atomic E-state index is 13.2. The summed E-state index contributed by atoms with van der Waals surface area (Å²) in [5.41, 5.74) is 1.85. The lowest BCUT2D eigenvalue weighted by atomic mass is 9.93. The van der Waals surface area contributed by atoms with Crippen molar-refractivity contribution in [3.8, 4) is 5.75 Å². The Morgan fingerprint density at radius 1 is 0.953 bits per heavy atom. The SMILES string of the molecule is CC(C)C[C@H](NC(=O)[C@H](Cc1ccc(O)cc1)NC(=O)c1ccc(Nc2cc(CC3CCNCC3)ncn2)nc1)C(=O)O. The molecule has 2 amide bonds. The smallest absolute Gasteiger partial charge is 0.326 e. The first-order valence-electron chi connectivity index (χ1n) is 14.5. The topological polar surface area (TPSA) is 178 Å². The molecule has 0 unspecified atom stereocenters. The van der Waals surface area contributed by atoms with E-state index in [2.05, 4.69) is 36.2 Å². The predicted octanol–water partition coefficient (Wildman–Crippen LogP) is 2.82. The molecule has 12 heteroatoms. The average molecular weight is 590 g/mol. The number of phenolic OH excluding ortho intramolecular Hbond substituents is 1. The van der Waals surface area contributed by atoms with Crippen molar-refractivity contribution < 1.29 is 24.6 Å². The number of amides is 2. The zero-order chi connectivity index (χ0) is 30.8. The zero-order valence-corrected chi connectivity index (χ0v) is 24.4. The second-order valence-corrected chi connectivity index (χ2v) is 11.3. The number of carbonyl (C=O) groups excluding carboxylic acids is 2. The Labute approximate surface area is 250 Å². The molecule has 0 radical (unpaired) electrons. The maximum atomic E-state index is 13.2. The molecule has 4 rings (SSSR count). The van der Waals surface area contributed by atoms with E-state index in [9.17, 15) is 24.6 Å². The van der Waals surface area contributed by atoms with Gasteiger partial charge in [0, 0.05) is 24.4 Å². The Bertz CT molecular complexity index is 1380. The molecule has 1 saturated heterocycles. The molecule has 0 bridgehead atoms. The first-order valence-corrected chi connectivity index (χ1v) is 14.5. The fourth-order valence-corrected chi connectivity index (χ4v) is 4.98. The van der Waals surface area contributed by atoms with Crippen LogP contribution in [0.25, 0.3) is 0 Å². The number of aromatic nitrogens is 3. The van der Waals surface area contributed by atoms with E-state index in [0.717, 1.165) is 38.0 Å². The second-order valence-electron chi connectivity index (χ2n) is 11.3. The van der Waals surface area contributed by atoms with Crippen molar-refractivity contribution in [1.82, 2.24) is 30.9 Å². The zero-order valence-electron chi connectivity index (χ0n) is 24.4. The number of aliphatic carboxylic acids is 1. The average Bonchev–Trinajstić information content (AvgIpc) is 2.98. The van der Waals surface area contributed by atoms with E-state index in [1.165, 1.54) is 24.7 Å². The highest BCUT2D eigenvalue weighted by atomic mass is 16.4. The molecule has 6 N–H and O–H groups in total. The summed E-state index contributed by atoms with van der Waals surface area (Å²) in [6.45, 7) is 5.77. The van der Waals surface area contributed by atoms with Crippen LogP contribution in [0.3, 0.4) is 0 Å². The number of nitrogens with one attached hydrogen (secondary N) is 4. The van der Waals surface area contributed by atoms with E-state index in [1.54, 1.807) is 24.3 Å². The van der Waals surface area contributed by atoms with Gasteiger partial charge >= 0.3 is 5.97 Å². The number of anilines is 2. The summed E-state index contributed by atoms with van der Waals surface area (Å²) in [7, 11) is 0. The summed E-state index contributed by atoms with van der Waals surface area (Å²) in [6.07, 6.45) is 6.37. The number of hydrogen-bond donors (Lipinski definition) is 6. The van der Waals surface area contributed by atoms with Gasteiger partial charge in [0.25, 0.3) is 5.91 Å². The molecular weight excluding hydrogens is 550 g/mol. The number of carboxylic acids is 1. The molecule has 0 aliphatic carbocycles. The first-order chi connectivity index (χ1) is 20.7. The molecule has 1 fully saturated rings. The van der Waals surface area contributed by atoms with Crippen LogP contribution in [0.15, 0.2) is 55.0 Å². The highest BCUT2D eigenvalue weighted by Gasteiger charge is 2.28. The molecule has 1 aliphatic rings. The third-order valence-electron chi connectivity index (χ3n) is 7.28. The molecule has 0 spiro atoms. The highest BCUT2D eigenvalue weighted by Crippen LogP contribution is 2.19. The van der Waals surface area contributed by atoms with Crippen LogP contribution in [-0.2, 0) is 22.4 Å². The number of carboxylic acid groups (broad SMARTS) is 1. The van der Waals surface area contributed by atoms with Crippen molar-refractivity contribution in [2.75, 3.05) is 18.4 Å². The van der Waals surface area contributed by atoms with E-state index < -0.39 is 29.9 Å². The lowest BCUT2D eigenvalue weighted by molar-refractivity contribution is -0.142. The quantitative estimate of drug-likeness (QED) is 0.174. The minimum absolute atomic E-state index is 0.0353. The number of aromatic hydroxyl groups is 1. The largest absolute Gasteiger partial charge is 0.508 e. The third-order valence-corrected chi connectivity index (χ3v) is 7.28. The fraction of sp³-hybridized carbons (Fsp3) is 0.419. The van der Waals surface area contributed by atoms with Gasteiger partial charge in [-0.05, 0) is 80.4 Å². The van der Waals surface area contributed by atoms with E-state index in [1.807, 2.05) is 19.9 Å². The molecule has 2 aromatic heterocycles. The van der Waals surface area contributed by atoms with Gasteiger partial charge < -0.3 is 31.5 Å². The van der Waals surface area contributed by atoms with E-state index in [0.29, 0.717) is 23.1 Å². The molecule has 1 aromatic carbocycles.